The number of likely N-dealkylation sites (tertiary alicyclic amines) is 2. The summed E-state index contributed by atoms with van der Waals surface area (Å²) in [7, 11) is 0. The highest BCUT2D eigenvalue weighted by molar-refractivity contribution is 6.32. The van der Waals surface area contributed by atoms with Gasteiger partial charge in [-0.1, -0.05) is 17.7 Å². The van der Waals surface area contributed by atoms with Gasteiger partial charge in [0.15, 0.2) is 0 Å². The first-order valence-electron chi connectivity index (χ1n) is 8.99. The van der Waals surface area contributed by atoms with Crippen LogP contribution in [0.25, 0.3) is 0 Å². The SMILES string of the molecule is Cc1ccc(F)c(CN2CCC[C@]3(CCC(=O)N(CCO)C3)C2)c1Cl. The van der Waals surface area contributed by atoms with E-state index >= 15 is 0 Å². The highest BCUT2D eigenvalue weighted by Crippen LogP contribution is 2.39. The van der Waals surface area contributed by atoms with Gasteiger partial charge in [0.2, 0.25) is 5.91 Å². The Balaban J connectivity index is 1.73. The Morgan fingerprint density at radius 3 is 2.88 bits per heavy atom. The topological polar surface area (TPSA) is 43.8 Å². The van der Waals surface area contributed by atoms with Crippen LogP contribution < -0.4 is 0 Å². The van der Waals surface area contributed by atoms with Crippen LogP contribution in [0.5, 0.6) is 0 Å². The normalized spacial score (nSPS) is 25.0. The van der Waals surface area contributed by atoms with Crippen LogP contribution in [0.4, 0.5) is 4.39 Å². The fourth-order valence-corrected chi connectivity index (χ4v) is 4.50. The second kappa shape index (κ2) is 7.60. The lowest BCUT2D eigenvalue weighted by molar-refractivity contribution is -0.140. The summed E-state index contributed by atoms with van der Waals surface area (Å²) in [5.74, 6) is -0.125. The number of piperidine rings is 2. The van der Waals surface area contributed by atoms with Crippen LogP contribution in [0.15, 0.2) is 12.1 Å². The van der Waals surface area contributed by atoms with Crippen molar-refractivity contribution in [1.29, 1.82) is 0 Å². The fourth-order valence-electron chi connectivity index (χ4n) is 4.29. The van der Waals surface area contributed by atoms with Crippen molar-refractivity contribution >= 4 is 17.5 Å². The first-order chi connectivity index (χ1) is 11.9. The lowest BCUT2D eigenvalue weighted by atomic mass is 9.73. The molecular weight excluding hydrogens is 343 g/mol. The molecule has 1 aromatic rings. The molecule has 138 valence electrons. The van der Waals surface area contributed by atoms with Crippen LogP contribution in [0.1, 0.15) is 36.8 Å². The van der Waals surface area contributed by atoms with Gasteiger partial charge in [-0.05, 0) is 44.4 Å². The Bertz CT molecular complexity index is 655. The van der Waals surface area contributed by atoms with Crippen LogP contribution in [0.2, 0.25) is 5.02 Å². The van der Waals surface area contributed by atoms with E-state index in [0.717, 1.165) is 37.9 Å². The van der Waals surface area contributed by atoms with E-state index in [0.29, 0.717) is 36.6 Å². The highest BCUT2D eigenvalue weighted by atomic mass is 35.5. The number of aliphatic hydroxyl groups excluding tert-OH is 1. The predicted octanol–water partition coefficient (Wildman–Crippen LogP) is 2.98. The van der Waals surface area contributed by atoms with E-state index < -0.39 is 0 Å². The van der Waals surface area contributed by atoms with Gasteiger partial charge >= 0.3 is 0 Å². The van der Waals surface area contributed by atoms with E-state index in [1.165, 1.54) is 6.07 Å². The van der Waals surface area contributed by atoms with Crippen molar-refractivity contribution in [2.75, 3.05) is 32.8 Å². The van der Waals surface area contributed by atoms with Crippen molar-refractivity contribution in [3.05, 3.63) is 34.1 Å². The molecule has 0 radical (unpaired) electrons. The van der Waals surface area contributed by atoms with E-state index in [1.54, 1.807) is 11.0 Å². The third-order valence-corrected chi connectivity index (χ3v) is 6.15. The zero-order chi connectivity index (χ0) is 18.0. The summed E-state index contributed by atoms with van der Waals surface area (Å²) >= 11 is 6.33. The second-order valence-corrected chi connectivity index (χ2v) is 7.89. The number of amides is 1. The van der Waals surface area contributed by atoms with Gasteiger partial charge in [0.25, 0.3) is 0 Å². The maximum atomic E-state index is 14.2. The van der Waals surface area contributed by atoms with E-state index in [-0.39, 0.29) is 23.7 Å². The van der Waals surface area contributed by atoms with Crippen molar-refractivity contribution in [2.24, 2.45) is 5.41 Å². The summed E-state index contributed by atoms with van der Waals surface area (Å²) in [5.41, 5.74) is 1.51. The number of halogens is 2. The predicted molar refractivity (Wildman–Crippen MR) is 96.0 cm³/mol. The van der Waals surface area contributed by atoms with Gasteiger partial charge in [-0.25, -0.2) is 4.39 Å². The zero-order valence-electron chi connectivity index (χ0n) is 14.7. The van der Waals surface area contributed by atoms with Crippen LogP contribution in [0.3, 0.4) is 0 Å². The van der Waals surface area contributed by atoms with Gasteiger partial charge in [-0.2, -0.15) is 0 Å². The molecule has 2 aliphatic rings. The summed E-state index contributed by atoms with van der Waals surface area (Å²) < 4.78 is 14.2. The Hall–Kier alpha value is -1.17. The van der Waals surface area contributed by atoms with Gasteiger partial charge in [0.05, 0.1) is 11.6 Å². The molecule has 0 unspecified atom stereocenters. The molecule has 1 spiro atoms. The standard InChI is InChI=1S/C19H26ClFN2O2/c1-14-3-4-16(21)15(18(14)20)11-22-8-2-6-19(12-22)7-5-17(25)23(13-19)9-10-24/h3-4,24H,2,5-13H2,1H3/t19-/m0/s1. The van der Waals surface area contributed by atoms with E-state index in [1.807, 2.05) is 6.92 Å². The Morgan fingerprint density at radius 2 is 2.12 bits per heavy atom. The van der Waals surface area contributed by atoms with Gasteiger partial charge in [-0.15, -0.1) is 0 Å². The number of nitrogens with zero attached hydrogens (tertiary/aromatic N) is 2. The number of β-amino-alcohol motifs (C(OH)–C–C–N with tert-alkyl or cyclic N) is 1. The maximum Gasteiger partial charge on any atom is 0.222 e. The Labute approximate surface area is 153 Å². The first kappa shape index (κ1) is 18.6. The maximum absolute atomic E-state index is 14.2. The molecule has 3 rings (SSSR count). The molecule has 2 saturated heterocycles. The third-order valence-electron chi connectivity index (χ3n) is 5.62. The fraction of sp³-hybridized carbons (Fsp3) is 0.632. The zero-order valence-corrected chi connectivity index (χ0v) is 15.5. The number of rotatable bonds is 4. The molecular formula is C19H26ClFN2O2. The monoisotopic (exact) mass is 368 g/mol. The van der Waals surface area contributed by atoms with E-state index in [9.17, 15) is 14.3 Å². The van der Waals surface area contributed by atoms with Crippen molar-refractivity contribution < 1.29 is 14.3 Å². The number of hydrogen-bond donors (Lipinski definition) is 1. The molecule has 0 aromatic heterocycles. The molecule has 1 amide bonds. The third kappa shape index (κ3) is 3.99. The number of aryl methyl sites for hydroxylation is 1. The van der Waals surface area contributed by atoms with Crippen LogP contribution >= 0.6 is 11.6 Å². The molecule has 25 heavy (non-hydrogen) atoms. The minimum atomic E-state index is -0.254. The first-order valence-corrected chi connectivity index (χ1v) is 9.36. The largest absolute Gasteiger partial charge is 0.395 e. The molecule has 1 N–H and O–H groups in total. The lowest BCUT2D eigenvalue weighted by Gasteiger charge is -2.48. The summed E-state index contributed by atoms with van der Waals surface area (Å²) in [6.45, 7) is 5.23. The molecule has 4 nitrogen and oxygen atoms in total. The minimum absolute atomic E-state index is 0.00432. The van der Waals surface area contributed by atoms with Gasteiger partial charge in [0.1, 0.15) is 5.82 Å². The molecule has 0 saturated carbocycles. The second-order valence-electron chi connectivity index (χ2n) is 7.51. The average Bonchev–Trinajstić information content (AvgIpc) is 2.59. The molecule has 1 atom stereocenters. The minimum Gasteiger partial charge on any atom is -0.395 e. The summed E-state index contributed by atoms with van der Waals surface area (Å²) in [6, 6.07) is 3.19. The van der Waals surface area contributed by atoms with Crippen LogP contribution in [-0.4, -0.2) is 53.6 Å². The number of aliphatic hydroxyl groups is 1. The Morgan fingerprint density at radius 1 is 1.32 bits per heavy atom. The molecule has 0 aliphatic carbocycles. The summed E-state index contributed by atoms with van der Waals surface area (Å²) in [4.78, 5) is 16.1. The van der Waals surface area contributed by atoms with Gasteiger partial charge in [-0.3, -0.25) is 9.69 Å². The summed E-state index contributed by atoms with van der Waals surface area (Å²) in [5, 5.41) is 9.71. The smallest absolute Gasteiger partial charge is 0.222 e. The average molecular weight is 369 g/mol. The number of carbonyl (C=O) groups excluding carboxylic acids is 1. The van der Waals surface area contributed by atoms with Crippen LogP contribution in [0, 0.1) is 18.2 Å². The Kier molecular flexibility index (Phi) is 5.66. The van der Waals surface area contributed by atoms with Gasteiger partial charge in [0, 0.05) is 43.6 Å². The summed E-state index contributed by atoms with van der Waals surface area (Å²) in [6.07, 6.45) is 3.51. The lowest BCUT2D eigenvalue weighted by Crippen LogP contribution is -2.54. The molecule has 0 bridgehead atoms. The molecule has 2 fully saturated rings. The van der Waals surface area contributed by atoms with Crippen molar-refractivity contribution in [3.8, 4) is 0 Å². The van der Waals surface area contributed by atoms with E-state index in [4.69, 9.17) is 11.6 Å². The van der Waals surface area contributed by atoms with Gasteiger partial charge < -0.3 is 10.0 Å². The molecule has 2 aliphatic heterocycles. The molecule has 1 aromatic carbocycles. The van der Waals surface area contributed by atoms with E-state index in [2.05, 4.69) is 4.90 Å². The highest BCUT2D eigenvalue weighted by Gasteiger charge is 2.41. The number of benzene rings is 1. The van der Waals surface area contributed by atoms with Crippen molar-refractivity contribution in [1.82, 2.24) is 9.80 Å². The van der Waals surface area contributed by atoms with Crippen molar-refractivity contribution in [2.45, 2.75) is 39.2 Å². The van der Waals surface area contributed by atoms with Crippen LogP contribution in [-0.2, 0) is 11.3 Å². The molecule has 2 heterocycles. The molecule has 6 heteroatoms. The number of hydrogen-bond acceptors (Lipinski definition) is 3. The van der Waals surface area contributed by atoms with Crippen molar-refractivity contribution in [3.63, 3.8) is 0 Å². The number of carbonyl (C=O) groups is 1. The quantitative estimate of drug-likeness (QED) is 0.888.